The van der Waals surface area contributed by atoms with Gasteiger partial charge >= 0.3 is 0 Å². The summed E-state index contributed by atoms with van der Waals surface area (Å²) in [4.78, 5) is 11.7. The minimum atomic E-state index is -0.607. The van der Waals surface area contributed by atoms with Crippen molar-refractivity contribution in [3.63, 3.8) is 0 Å². The Balaban J connectivity index is 1.94. The maximum Gasteiger partial charge on any atom is 0.156 e. The van der Waals surface area contributed by atoms with Gasteiger partial charge in [0, 0.05) is 12.0 Å². The van der Waals surface area contributed by atoms with Crippen molar-refractivity contribution in [1.29, 1.82) is 0 Å². The lowest BCUT2D eigenvalue weighted by atomic mass is 10.1. The first-order valence-corrected chi connectivity index (χ1v) is 6.35. The third kappa shape index (κ3) is 3.85. The maximum absolute atomic E-state index is 13.4. The van der Waals surface area contributed by atoms with Gasteiger partial charge in [0.2, 0.25) is 0 Å². The SMILES string of the molecule is O=C(/C=C/c1ccccc1)CCc1c(F)cccc1F. The number of halogens is 2. The first kappa shape index (κ1) is 14.1. The number of hydrogen-bond donors (Lipinski definition) is 0. The molecule has 0 saturated carbocycles. The second-order valence-corrected chi connectivity index (χ2v) is 4.41. The molecule has 0 spiro atoms. The standard InChI is InChI=1S/C17H14F2O/c18-16-7-4-8-17(19)15(16)12-11-14(20)10-9-13-5-2-1-3-6-13/h1-10H,11-12H2/b10-9+. The predicted molar refractivity (Wildman–Crippen MR) is 75.2 cm³/mol. The molecule has 0 radical (unpaired) electrons. The molecule has 0 unspecified atom stereocenters. The predicted octanol–water partition coefficient (Wildman–Crippen LogP) is 4.18. The Bertz CT molecular complexity index is 598. The fourth-order valence-electron chi connectivity index (χ4n) is 1.86. The van der Waals surface area contributed by atoms with Gasteiger partial charge in [-0.3, -0.25) is 4.79 Å². The second kappa shape index (κ2) is 6.75. The number of rotatable bonds is 5. The van der Waals surface area contributed by atoms with Crippen molar-refractivity contribution >= 4 is 11.9 Å². The first-order valence-electron chi connectivity index (χ1n) is 6.35. The molecule has 0 aliphatic heterocycles. The Kier molecular flexibility index (Phi) is 4.77. The molecule has 0 aromatic heterocycles. The van der Waals surface area contributed by atoms with Crippen molar-refractivity contribution in [1.82, 2.24) is 0 Å². The van der Waals surface area contributed by atoms with Gasteiger partial charge in [-0.1, -0.05) is 42.5 Å². The smallest absolute Gasteiger partial charge is 0.156 e. The van der Waals surface area contributed by atoms with Crippen LogP contribution in [0.1, 0.15) is 17.5 Å². The van der Waals surface area contributed by atoms with Crippen LogP contribution in [0.4, 0.5) is 8.78 Å². The van der Waals surface area contributed by atoms with Gasteiger partial charge in [0.15, 0.2) is 5.78 Å². The molecule has 2 aromatic rings. The normalized spacial score (nSPS) is 10.9. The summed E-state index contributed by atoms with van der Waals surface area (Å²) in [5.41, 5.74) is 0.881. The molecule has 0 saturated heterocycles. The zero-order chi connectivity index (χ0) is 14.4. The summed E-state index contributed by atoms with van der Waals surface area (Å²) in [6.07, 6.45) is 3.28. The quantitative estimate of drug-likeness (QED) is 0.746. The molecule has 0 aliphatic carbocycles. The van der Waals surface area contributed by atoms with Crippen LogP contribution in [0.5, 0.6) is 0 Å². The lowest BCUT2D eigenvalue weighted by molar-refractivity contribution is -0.114. The van der Waals surface area contributed by atoms with E-state index in [2.05, 4.69) is 0 Å². The van der Waals surface area contributed by atoms with Crippen LogP contribution in [0.2, 0.25) is 0 Å². The molecule has 2 aromatic carbocycles. The van der Waals surface area contributed by atoms with Crippen LogP contribution in [0, 0.1) is 11.6 Å². The molecule has 102 valence electrons. The van der Waals surface area contributed by atoms with E-state index in [-0.39, 0.29) is 24.2 Å². The second-order valence-electron chi connectivity index (χ2n) is 4.41. The van der Waals surface area contributed by atoms with Crippen LogP contribution in [-0.2, 0) is 11.2 Å². The highest BCUT2D eigenvalue weighted by Gasteiger charge is 2.09. The molecule has 0 fully saturated rings. The van der Waals surface area contributed by atoms with E-state index in [1.54, 1.807) is 6.08 Å². The number of carbonyl (C=O) groups excluding carboxylic acids is 1. The zero-order valence-corrected chi connectivity index (χ0v) is 10.9. The molecule has 0 N–H and O–H groups in total. The van der Waals surface area contributed by atoms with E-state index in [4.69, 9.17) is 0 Å². The number of benzene rings is 2. The Morgan fingerprint density at radius 2 is 1.60 bits per heavy atom. The summed E-state index contributed by atoms with van der Waals surface area (Å²) in [6, 6.07) is 13.1. The lowest BCUT2D eigenvalue weighted by Gasteiger charge is -2.02. The van der Waals surface area contributed by atoms with Gasteiger partial charge < -0.3 is 0 Å². The van der Waals surface area contributed by atoms with Gasteiger partial charge in [-0.2, -0.15) is 0 Å². The highest BCUT2D eigenvalue weighted by molar-refractivity contribution is 5.93. The summed E-state index contributed by atoms with van der Waals surface area (Å²) in [7, 11) is 0. The largest absolute Gasteiger partial charge is 0.295 e. The highest BCUT2D eigenvalue weighted by Crippen LogP contribution is 2.14. The Hall–Kier alpha value is -2.29. The van der Waals surface area contributed by atoms with E-state index < -0.39 is 11.6 Å². The number of ketones is 1. The summed E-state index contributed by atoms with van der Waals surface area (Å²) in [6.45, 7) is 0. The van der Waals surface area contributed by atoms with E-state index >= 15 is 0 Å². The molecule has 0 heterocycles. The van der Waals surface area contributed by atoms with Gasteiger partial charge in [0.05, 0.1) is 0 Å². The molecule has 0 atom stereocenters. The van der Waals surface area contributed by atoms with Crippen LogP contribution >= 0.6 is 0 Å². The fourth-order valence-corrected chi connectivity index (χ4v) is 1.86. The minimum Gasteiger partial charge on any atom is -0.295 e. The number of carbonyl (C=O) groups is 1. The van der Waals surface area contributed by atoms with Crippen LogP contribution < -0.4 is 0 Å². The van der Waals surface area contributed by atoms with Gasteiger partial charge in [-0.15, -0.1) is 0 Å². The summed E-state index contributed by atoms with van der Waals surface area (Å²) < 4.78 is 26.8. The third-order valence-electron chi connectivity index (χ3n) is 2.94. The van der Waals surface area contributed by atoms with E-state index in [1.807, 2.05) is 30.3 Å². The topological polar surface area (TPSA) is 17.1 Å². The van der Waals surface area contributed by atoms with Gasteiger partial charge in [0.1, 0.15) is 11.6 Å². The Morgan fingerprint density at radius 1 is 0.950 bits per heavy atom. The van der Waals surface area contributed by atoms with Crippen LogP contribution in [0.15, 0.2) is 54.6 Å². The molecule has 1 nitrogen and oxygen atoms in total. The molecular formula is C17H14F2O. The average Bonchev–Trinajstić information content (AvgIpc) is 2.46. The van der Waals surface area contributed by atoms with Crippen LogP contribution in [-0.4, -0.2) is 5.78 Å². The molecule has 0 aliphatic rings. The third-order valence-corrected chi connectivity index (χ3v) is 2.94. The van der Waals surface area contributed by atoms with Gasteiger partial charge in [0.25, 0.3) is 0 Å². The number of allylic oxidation sites excluding steroid dienone is 1. The summed E-state index contributed by atoms with van der Waals surface area (Å²) in [5.74, 6) is -1.37. The molecule has 2 rings (SSSR count). The van der Waals surface area contributed by atoms with Crippen molar-refractivity contribution < 1.29 is 13.6 Å². The summed E-state index contributed by atoms with van der Waals surface area (Å²) >= 11 is 0. The van der Waals surface area contributed by atoms with Crippen molar-refractivity contribution in [2.24, 2.45) is 0 Å². The minimum absolute atomic E-state index is 0.0334. The lowest BCUT2D eigenvalue weighted by Crippen LogP contribution is -2.00. The highest BCUT2D eigenvalue weighted by atomic mass is 19.1. The van der Waals surface area contributed by atoms with E-state index in [0.29, 0.717) is 0 Å². The molecule has 3 heteroatoms. The van der Waals surface area contributed by atoms with Crippen molar-refractivity contribution in [2.45, 2.75) is 12.8 Å². The fraction of sp³-hybridized carbons (Fsp3) is 0.118. The van der Waals surface area contributed by atoms with Crippen LogP contribution in [0.3, 0.4) is 0 Å². The first-order chi connectivity index (χ1) is 9.66. The number of hydrogen-bond acceptors (Lipinski definition) is 1. The molecule has 0 amide bonds. The Morgan fingerprint density at radius 3 is 2.25 bits per heavy atom. The van der Waals surface area contributed by atoms with Crippen LogP contribution in [0.25, 0.3) is 6.08 Å². The van der Waals surface area contributed by atoms with Crippen molar-refractivity contribution in [3.05, 3.63) is 77.4 Å². The van der Waals surface area contributed by atoms with E-state index in [9.17, 15) is 13.6 Å². The molecule has 0 bridgehead atoms. The van der Waals surface area contributed by atoms with E-state index in [0.717, 1.165) is 5.56 Å². The molecular weight excluding hydrogens is 258 g/mol. The van der Waals surface area contributed by atoms with Crippen molar-refractivity contribution in [3.8, 4) is 0 Å². The average molecular weight is 272 g/mol. The zero-order valence-electron chi connectivity index (χ0n) is 10.9. The summed E-state index contributed by atoms with van der Waals surface area (Å²) in [5, 5.41) is 0. The molecule has 20 heavy (non-hydrogen) atoms. The van der Waals surface area contributed by atoms with Gasteiger partial charge in [-0.05, 0) is 30.2 Å². The van der Waals surface area contributed by atoms with Crippen molar-refractivity contribution in [2.75, 3.05) is 0 Å². The monoisotopic (exact) mass is 272 g/mol. The van der Waals surface area contributed by atoms with Gasteiger partial charge in [-0.25, -0.2) is 8.78 Å². The Labute approximate surface area is 116 Å². The van der Waals surface area contributed by atoms with E-state index in [1.165, 1.54) is 24.3 Å². The maximum atomic E-state index is 13.4.